The molecular weight excluding hydrogens is 339 g/mol. The van der Waals surface area contributed by atoms with Gasteiger partial charge < -0.3 is 15.3 Å². The maximum absolute atomic E-state index is 12.2. The Kier molecular flexibility index (Phi) is 6.58. The molecule has 0 saturated heterocycles. The van der Waals surface area contributed by atoms with Gasteiger partial charge in [0.1, 0.15) is 6.54 Å². The fraction of sp³-hybridized carbons (Fsp3) is 0.385. The van der Waals surface area contributed by atoms with Crippen molar-refractivity contribution in [1.82, 2.24) is 4.90 Å². The smallest absolute Gasteiger partial charge is 0.323 e. The van der Waals surface area contributed by atoms with Gasteiger partial charge in [0.05, 0.1) is 20.8 Å². The minimum atomic E-state index is -1.09. The first-order chi connectivity index (χ1) is 9.76. The highest BCUT2D eigenvalue weighted by molar-refractivity contribution is 6.44. The summed E-state index contributed by atoms with van der Waals surface area (Å²) in [5.41, 5.74) is 0.273. The Morgan fingerprint density at radius 3 is 2.33 bits per heavy atom. The van der Waals surface area contributed by atoms with Gasteiger partial charge in [0, 0.05) is 6.04 Å². The predicted octanol–water partition coefficient (Wildman–Crippen LogP) is 4.36. The van der Waals surface area contributed by atoms with Gasteiger partial charge in [-0.2, -0.15) is 0 Å². The Bertz CT molecular complexity index is 552. The van der Waals surface area contributed by atoms with Gasteiger partial charge in [0.2, 0.25) is 0 Å². The number of carboxylic acid groups (broad SMARTS) is 1. The van der Waals surface area contributed by atoms with Crippen LogP contribution in [-0.4, -0.2) is 34.6 Å². The van der Waals surface area contributed by atoms with E-state index in [4.69, 9.17) is 39.9 Å². The highest BCUT2D eigenvalue weighted by atomic mass is 35.5. The molecule has 0 bridgehead atoms. The summed E-state index contributed by atoms with van der Waals surface area (Å²) in [6.45, 7) is 3.22. The lowest BCUT2D eigenvalue weighted by atomic mass is 10.2. The molecule has 1 unspecified atom stereocenters. The molecule has 2 N–H and O–H groups in total. The molecule has 116 valence electrons. The number of carbonyl (C=O) groups excluding carboxylic acids is 1. The van der Waals surface area contributed by atoms with Gasteiger partial charge in [-0.1, -0.05) is 41.7 Å². The topological polar surface area (TPSA) is 69.6 Å². The summed E-state index contributed by atoms with van der Waals surface area (Å²) in [5.74, 6) is -1.09. The van der Waals surface area contributed by atoms with Gasteiger partial charge in [-0.3, -0.25) is 4.79 Å². The second-order valence-electron chi connectivity index (χ2n) is 4.46. The summed E-state index contributed by atoms with van der Waals surface area (Å²) < 4.78 is 0. The molecule has 0 radical (unpaired) electrons. The first-order valence-corrected chi connectivity index (χ1v) is 7.33. The predicted molar refractivity (Wildman–Crippen MR) is 84.6 cm³/mol. The molecule has 5 nitrogen and oxygen atoms in total. The molecule has 8 heteroatoms. The van der Waals surface area contributed by atoms with E-state index in [-0.39, 0.29) is 26.8 Å². The third-order valence-electron chi connectivity index (χ3n) is 2.94. The number of urea groups is 1. The van der Waals surface area contributed by atoms with E-state index in [0.717, 1.165) is 0 Å². The molecule has 0 aliphatic heterocycles. The van der Waals surface area contributed by atoms with E-state index in [9.17, 15) is 9.59 Å². The average molecular weight is 354 g/mol. The van der Waals surface area contributed by atoms with E-state index in [0.29, 0.717) is 6.42 Å². The van der Waals surface area contributed by atoms with Crippen LogP contribution in [0, 0.1) is 0 Å². The molecule has 21 heavy (non-hydrogen) atoms. The normalized spacial score (nSPS) is 11.9. The summed E-state index contributed by atoms with van der Waals surface area (Å²) in [6, 6.07) is 2.03. The number of rotatable bonds is 5. The van der Waals surface area contributed by atoms with E-state index in [1.165, 1.54) is 17.0 Å². The number of aliphatic carboxylic acids is 1. The van der Waals surface area contributed by atoms with Crippen LogP contribution >= 0.6 is 34.8 Å². The fourth-order valence-corrected chi connectivity index (χ4v) is 2.19. The Labute approximate surface area is 137 Å². The average Bonchev–Trinajstić information content (AvgIpc) is 2.41. The van der Waals surface area contributed by atoms with Crippen LogP contribution in [0.15, 0.2) is 12.1 Å². The molecule has 0 aliphatic carbocycles. The monoisotopic (exact) mass is 352 g/mol. The van der Waals surface area contributed by atoms with Crippen LogP contribution in [0.4, 0.5) is 10.5 Å². The van der Waals surface area contributed by atoms with Crippen molar-refractivity contribution < 1.29 is 14.7 Å². The second-order valence-corrected chi connectivity index (χ2v) is 5.68. The zero-order valence-corrected chi connectivity index (χ0v) is 13.8. The third kappa shape index (κ3) is 4.95. The lowest BCUT2D eigenvalue weighted by molar-refractivity contribution is -0.138. The number of carbonyl (C=O) groups is 2. The zero-order chi connectivity index (χ0) is 16.2. The Morgan fingerprint density at radius 1 is 1.24 bits per heavy atom. The summed E-state index contributed by atoms with van der Waals surface area (Å²) in [7, 11) is 0. The fourth-order valence-electron chi connectivity index (χ4n) is 1.60. The second kappa shape index (κ2) is 7.73. The van der Waals surface area contributed by atoms with Crippen molar-refractivity contribution in [1.29, 1.82) is 0 Å². The molecule has 0 saturated carbocycles. The number of nitrogens with one attached hydrogen (secondary N) is 1. The lowest BCUT2D eigenvalue weighted by Gasteiger charge is -2.27. The highest BCUT2D eigenvalue weighted by Crippen LogP contribution is 2.32. The Morgan fingerprint density at radius 2 is 1.81 bits per heavy atom. The van der Waals surface area contributed by atoms with Crippen LogP contribution in [0.2, 0.25) is 15.1 Å². The number of hydrogen-bond acceptors (Lipinski definition) is 2. The van der Waals surface area contributed by atoms with Crippen molar-refractivity contribution in [3.8, 4) is 0 Å². The number of nitrogens with zero attached hydrogens (tertiary/aromatic N) is 1. The van der Waals surface area contributed by atoms with Gasteiger partial charge >= 0.3 is 12.0 Å². The van der Waals surface area contributed by atoms with Crippen molar-refractivity contribution in [3.63, 3.8) is 0 Å². The molecule has 0 heterocycles. The summed E-state index contributed by atoms with van der Waals surface area (Å²) in [5, 5.41) is 12.2. The SMILES string of the molecule is CCC(C)N(CC(=O)O)C(=O)Nc1cc(Cl)c(Cl)cc1Cl. The molecule has 0 aromatic heterocycles. The van der Waals surface area contributed by atoms with E-state index in [1.54, 1.807) is 6.92 Å². The minimum Gasteiger partial charge on any atom is -0.480 e. The Hall–Kier alpha value is -1.17. The van der Waals surface area contributed by atoms with Crippen LogP contribution in [0.5, 0.6) is 0 Å². The van der Waals surface area contributed by atoms with Crippen LogP contribution in [0.3, 0.4) is 0 Å². The highest BCUT2D eigenvalue weighted by Gasteiger charge is 2.22. The maximum atomic E-state index is 12.2. The zero-order valence-electron chi connectivity index (χ0n) is 11.5. The number of anilines is 1. The molecule has 1 aromatic carbocycles. The molecule has 1 atom stereocenters. The molecule has 1 aromatic rings. The number of hydrogen-bond donors (Lipinski definition) is 2. The van der Waals surface area contributed by atoms with Crippen molar-refractivity contribution in [2.24, 2.45) is 0 Å². The summed E-state index contributed by atoms with van der Waals surface area (Å²) in [6.07, 6.45) is 0.621. The molecule has 0 aliphatic rings. The van der Waals surface area contributed by atoms with Crippen molar-refractivity contribution in [3.05, 3.63) is 27.2 Å². The van der Waals surface area contributed by atoms with E-state index >= 15 is 0 Å². The van der Waals surface area contributed by atoms with E-state index < -0.39 is 18.5 Å². The first kappa shape index (κ1) is 17.9. The van der Waals surface area contributed by atoms with Gasteiger partial charge in [-0.15, -0.1) is 0 Å². The van der Waals surface area contributed by atoms with Gasteiger partial charge in [-0.05, 0) is 25.5 Å². The molecule has 0 fully saturated rings. The lowest BCUT2D eigenvalue weighted by Crippen LogP contribution is -2.44. The van der Waals surface area contributed by atoms with Gasteiger partial charge in [0.15, 0.2) is 0 Å². The minimum absolute atomic E-state index is 0.220. The van der Waals surface area contributed by atoms with Crippen molar-refractivity contribution in [2.45, 2.75) is 26.3 Å². The number of amides is 2. The van der Waals surface area contributed by atoms with Crippen LogP contribution < -0.4 is 5.32 Å². The van der Waals surface area contributed by atoms with Gasteiger partial charge in [-0.25, -0.2) is 4.79 Å². The molecular formula is C13H15Cl3N2O3. The third-order valence-corrected chi connectivity index (χ3v) is 3.98. The quantitative estimate of drug-likeness (QED) is 0.773. The van der Waals surface area contributed by atoms with Crippen molar-refractivity contribution in [2.75, 3.05) is 11.9 Å². The van der Waals surface area contributed by atoms with Crippen molar-refractivity contribution >= 4 is 52.5 Å². The number of halogens is 3. The molecule has 0 spiro atoms. The Balaban J connectivity index is 2.96. The molecule has 2 amide bonds. The van der Waals surface area contributed by atoms with E-state index in [2.05, 4.69) is 5.32 Å². The first-order valence-electron chi connectivity index (χ1n) is 6.20. The van der Waals surface area contributed by atoms with Crippen LogP contribution in [-0.2, 0) is 4.79 Å². The van der Waals surface area contributed by atoms with Crippen LogP contribution in [0.25, 0.3) is 0 Å². The largest absolute Gasteiger partial charge is 0.480 e. The van der Waals surface area contributed by atoms with E-state index in [1.807, 2.05) is 6.92 Å². The number of carboxylic acids is 1. The molecule has 1 rings (SSSR count). The number of benzene rings is 1. The standard InChI is InChI=1S/C13H15Cl3N2O3/c1-3-7(2)18(6-12(19)20)13(21)17-11-5-9(15)8(14)4-10(11)16/h4-5,7H,3,6H2,1-2H3,(H,17,21)(H,19,20). The van der Waals surface area contributed by atoms with Gasteiger partial charge in [0.25, 0.3) is 0 Å². The van der Waals surface area contributed by atoms with Crippen LogP contribution in [0.1, 0.15) is 20.3 Å². The maximum Gasteiger partial charge on any atom is 0.323 e. The summed E-state index contributed by atoms with van der Waals surface area (Å²) in [4.78, 5) is 24.3. The summed E-state index contributed by atoms with van der Waals surface area (Å²) >= 11 is 17.7.